The Balaban J connectivity index is 1.95. The van der Waals surface area contributed by atoms with Gasteiger partial charge in [0.05, 0.1) is 18.7 Å². The van der Waals surface area contributed by atoms with E-state index < -0.39 is 12.0 Å². The number of benzene rings is 2. The fourth-order valence-electron chi connectivity index (χ4n) is 3.45. The Morgan fingerprint density at radius 3 is 2.38 bits per heavy atom. The highest BCUT2D eigenvalue weighted by molar-refractivity contribution is 5.95. The standard InChI is InChI=1S/C23H27N3O3/c1-4-26(14-17-8-6-5-7-9-17)15-19-20(22(27)29-3)21(25-23(28)24-19)18-12-10-16(2)11-13-18/h5-13,21H,4,14-15H2,1-3H3,(H2,24,25,28)/t21-/m1/s1. The number of likely N-dealkylation sites (N-methyl/N-ethyl adjacent to an activating group) is 1. The number of rotatable bonds is 7. The molecular weight excluding hydrogens is 366 g/mol. The number of nitrogens with one attached hydrogen (secondary N) is 2. The maximum atomic E-state index is 12.7. The smallest absolute Gasteiger partial charge is 0.338 e. The van der Waals surface area contributed by atoms with Crippen molar-refractivity contribution in [2.24, 2.45) is 0 Å². The molecule has 1 heterocycles. The number of aryl methyl sites for hydroxylation is 1. The predicted molar refractivity (Wildman–Crippen MR) is 112 cm³/mol. The molecule has 0 saturated heterocycles. The van der Waals surface area contributed by atoms with Crippen LogP contribution in [-0.2, 0) is 16.1 Å². The summed E-state index contributed by atoms with van der Waals surface area (Å²) in [6.07, 6.45) is 0. The second kappa shape index (κ2) is 9.39. The van der Waals surface area contributed by atoms with Gasteiger partial charge in [0.2, 0.25) is 0 Å². The third kappa shape index (κ3) is 5.03. The van der Waals surface area contributed by atoms with Gasteiger partial charge in [0.15, 0.2) is 0 Å². The number of methoxy groups -OCH3 is 1. The SMILES string of the molecule is CCN(CC1=C(C(=O)OC)[C@@H](c2ccc(C)cc2)NC(=O)N1)Cc1ccccc1. The summed E-state index contributed by atoms with van der Waals surface area (Å²) in [6.45, 7) is 5.97. The highest BCUT2D eigenvalue weighted by Gasteiger charge is 2.33. The van der Waals surface area contributed by atoms with Crippen LogP contribution in [0, 0.1) is 6.92 Å². The largest absolute Gasteiger partial charge is 0.466 e. The van der Waals surface area contributed by atoms with E-state index in [1.807, 2.05) is 49.4 Å². The summed E-state index contributed by atoms with van der Waals surface area (Å²) in [5.74, 6) is -0.450. The van der Waals surface area contributed by atoms with Crippen LogP contribution >= 0.6 is 0 Å². The summed E-state index contributed by atoms with van der Waals surface area (Å²) in [7, 11) is 1.36. The summed E-state index contributed by atoms with van der Waals surface area (Å²) in [6, 6.07) is 17.0. The van der Waals surface area contributed by atoms with E-state index in [0.717, 1.165) is 17.7 Å². The van der Waals surface area contributed by atoms with Crippen LogP contribution in [0.5, 0.6) is 0 Å². The van der Waals surface area contributed by atoms with E-state index in [4.69, 9.17) is 4.74 Å². The molecule has 0 spiro atoms. The third-order valence-electron chi connectivity index (χ3n) is 5.05. The van der Waals surface area contributed by atoms with Crippen LogP contribution in [0.1, 0.15) is 29.7 Å². The molecule has 29 heavy (non-hydrogen) atoms. The van der Waals surface area contributed by atoms with E-state index in [1.54, 1.807) is 0 Å². The van der Waals surface area contributed by atoms with Gasteiger partial charge >= 0.3 is 12.0 Å². The maximum Gasteiger partial charge on any atom is 0.338 e. The van der Waals surface area contributed by atoms with Gasteiger partial charge in [0, 0.05) is 18.8 Å². The molecule has 0 saturated carbocycles. The third-order valence-corrected chi connectivity index (χ3v) is 5.05. The molecular formula is C23H27N3O3. The summed E-state index contributed by atoms with van der Waals surface area (Å²) in [5, 5.41) is 5.69. The molecule has 2 aromatic carbocycles. The molecule has 2 N–H and O–H groups in total. The minimum absolute atomic E-state index is 0.325. The lowest BCUT2D eigenvalue weighted by molar-refractivity contribution is -0.136. The van der Waals surface area contributed by atoms with Crippen molar-refractivity contribution in [3.05, 3.63) is 82.6 Å². The average Bonchev–Trinajstić information content (AvgIpc) is 2.73. The van der Waals surface area contributed by atoms with Crippen molar-refractivity contribution in [2.45, 2.75) is 26.4 Å². The lowest BCUT2D eigenvalue weighted by atomic mass is 9.94. The zero-order valence-electron chi connectivity index (χ0n) is 17.1. The molecule has 0 aliphatic carbocycles. The van der Waals surface area contributed by atoms with Crippen LogP contribution in [0.25, 0.3) is 0 Å². The Bertz CT molecular complexity index is 891. The number of amides is 2. The molecule has 1 aliphatic heterocycles. The van der Waals surface area contributed by atoms with Crippen molar-refractivity contribution in [2.75, 3.05) is 20.2 Å². The highest BCUT2D eigenvalue weighted by Crippen LogP contribution is 2.28. The molecule has 0 fully saturated rings. The van der Waals surface area contributed by atoms with Gasteiger partial charge in [-0.2, -0.15) is 0 Å². The first-order valence-corrected chi connectivity index (χ1v) is 9.73. The Kier molecular flexibility index (Phi) is 6.67. The van der Waals surface area contributed by atoms with E-state index in [9.17, 15) is 9.59 Å². The molecule has 0 bridgehead atoms. The van der Waals surface area contributed by atoms with Crippen molar-refractivity contribution in [3.63, 3.8) is 0 Å². The Morgan fingerprint density at radius 2 is 1.76 bits per heavy atom. The fraction of sp³-hybridized carbons (Fsp3) is 0.304. The average molecular weight is 393 g/mol. The Morgan fingerprint density at radius 1 is 1.07 bits per heavy atom. The number of nitrogens with zero attached hydrogens (tertiary/aromatic N) is 1. The molecule has 2 aromatic rings. The fourth-order valence-corrected chi connectivity index (χ4v) is 3.45. The van der Waals surface area contributed by atoms with Crippen molar-refractivity contribution >= 4 is 12.0 Å². The molecule has 1 atom stereocenters. The van der Waals surface area contributed by atoms with Crippen molar-refractivity contribution < 1.29 is 14.3 Å². The van der Waals surface area contributed by atoms with Gasteiger partial charge in [-0.15, -0.1) is 0 Å². The second-order valence-corrected chi connectivity index (χ2v) is 7.11. The number of urea groups is 1. The molecule has 6 heteroatoms. The summed E-state index contributed by atoms with van der Waals surface area (Å²) >= 11 is 0. The van der Waals surface area contributed by atoms with E-state index in [2.05, 4.69) is 34.6 Å². The second-order valence-electron chi connectivity index (χ2n) is 7.11. The topological polar surface area (TPSA) is 70.7 Å². The van der Waals surface area contributed by atoms with Crippen LogP contribution < -0.4 is 10.6 Å². The van der Waals surface area contributed by atoms with E-state index in [1.165, 1.54) is 12.7 Å². The van der Waals surface area contributed by atoms with E-state index in [0.29, 0.717) is 24.4 Å². The molecule has 0 radical (unpaired) electrons. The monoisotopic (exact) mass is 393 g/mol. The first kappa shape index (κ1) is 20.6. The minimum Gasteiger partial charge on any atom is -0.466 e. The quantitative estimate of drug-likeness (QED) is 0.708. The number of esters is 1. The Hall–Kier alpha value is -3.12. The molecule has 2 amide bonds. The number of carbonyl (C=O) groups is 2. The van der Waals surface area contributed by atoms with Gasteiger partial charge in [-0.1, -0.05) is 67.1 Å². The number of hydrogen-bond acceptors (Lipinski definition) is 4. The molecule has 1 aliphatic rings. The van der Waals surface area contributed by atoms with Gasteiger partial charge in [0.25, 0.3) is 0 Å². The molecule has 6 nitrogen and oxygen atoms in total. The summed E-state index contributed by atoms with van der Waals surface area (Å²) < 4.78 is 5.06. The lowest BCUT2D eigenvalue weighted by Gasteiger charge is -2.31. The van der Waals surface area contributed by atoms with Crippen molar-refractivity contribution in [1.29, 1.82) is 0 Å². The van der Waals surface area contributed by atoms with E-state index in [-0.39, 0.29) is 6.03 Å². The van der Waals surface area contributed by atoms with E-state index >= 15 is 0 Å². The minimum atomic E-state index is -0.553. The molecule has 0 aromatic heterocycles. The predicted octanol–water partition coefficient (Wildman–Crippen LogP) is 3.30. The lowest BCUT2D eigenvalue weighted by Crippen LogP contribution is -2.48. The van der Waals surface area contributed by atoms with Gasteiger partial charge < -0.3 is 15.4 Å². The molecule has 3 rings (SSSR count). The normalized spacial score (nSPS) is 16.4. The van der Waals surface area contributed by atoms with Crippen LogP contribution in [0.15, 0.2) is 65.9 Å². The number of hydrogen-bond donors (Lipinski definition) is 2. The molecule has 0 unspecified atom stereocenters. The van der Waals surface area contributed by atoms with Crippen LogP contribution in [0.3, 0.4) is 0 Å². The van der Waals surface area contributed by atoms with Gasteiger partial charge in [-0.3, -0.25) is 4.90 Å². The number of carbonyl (C=O) groups excluding carboxylic acids is 2. The maximum absolute atomic E-state index is 12.7. The first-order valence-electron chi connectivity index (χ1n) is 9.73. The molecule has 152 valence electrons. The Labute approximate surface area is 171 Å². The zero-order chi connectivity index (χ0) is 20.8. The van der Waals surface area contributed by atoms with Crippen LogP contribution in [-0.4, -0.2) is 37.1 Å². The van der Waals surface area contributed by atoms with Crippen LogP contribution in [0.4, 0.5) is 4.79 Å². The zero-order valence-corrected chi connectivity index (χ0v) is 17.1. The summed E-state index contributed by atoms with van der Waals surface area (Å²) in [5.41, 5.74) is 4.13. The van der Waals surface area contributed by atoms with Crippen LogP contribution in [0.2, 0.25) is 0 Å². The summed E-state index contributed by atoms with van der Waals surface area (Å²) in [4.78, 5) is 27.2. The van der Waals surface area contributed by atoms with Gasteiger partial charge in [-0.05, 0) is 24.6 Å². The highest BCUT2D eigenvalue weighted by atomic mass is 16.5. The van der Waals surface area contributed by atoms with Gasteiger partial charge in [-0.25, -0.2) is 9.59 Å². The number of ether oxygens (including phenoxy) is 1. The van der Waals surface area contributed by atoms with Gasteiger partial charge in [0.1, 0.15) is 0 Å². The van der Waals surface area contributed by atoms with Crippen molar-refractivity contribution in [3.8, 4) is 0 Å². The van der Waals surface area contributed by atoms with Crippen molar-refractivity contribution in [1.82, 2.24) is 15.5 Å². The first-order chi connectivity index (χ1) is 14.0.